The van der Waals surface area contributed by atoms with E-state index in [0.29, 0.717) is 0 Å². The van der Waals surface area contributed by atoms with E-state index in [2.05, 4.69) is 16.2 Å². The standard InChI is InChI=1S/C4H5Si/c1-3-4(2)5/h1,4H,2H3. The summed E-state index contributed by atoms with van der Waals surface area (Å²) in [6.07, 6.45) is 4.87. The van der Waals surface area contributed by atoms with E-state index >= 15 is 0 Å². The maximum atomic E-state index is 4.87. The Morgan fingerprint density at radius 3 is 2.20 bits per heavy atom. The molecule has 0 saturated heterocycles. The van der Waals surface area contributed by atoms with Crippen molar-refractivity contribution in [1.29, 1.82) is 0 Å². The third-order valence-corrected chi connectivity index (χ3v) is 0.417. The first-order valence-electron chi connectivity index (χ1n) is 1.44. The Morgan fingerprint density at radius 1 is 2.00 bits per heavy atom. The number of rotatable bonds is 0. The molecule has 1 unspecified atom stereocenters. The summed E-state index contributed by atoms with van der Waals surface area (Å²) in [6, 6.07) is 0. The molecule has 25 valence electrons. The summed E-state index contributed by atoms with van der Waals surface area (Å²) in [5.41, 5.74) is 0.218. The summed E-state index contributed by atoms with van der Waals surface area (Å²) in [5, 5.41) is 0. The highest BCUT2D eigenvalue weighted by atomic mass is 28.1. The summed E-state index contributed by atoms with van der Waals surface area (Å²) in [4.78, 5) is 0. The summed E-state index contributed by atoms with van der Waals surface area (Å²) in [5.74, 6) is 2.44. The van der Waals surface area contributed by atoms with Gasteiger partial charge in [-0.3, -0.25) is 0 Å². The van der Waals surface area contributed by atoms with Gasteiger partial charge in [0.2, 0.25) is 0 Å². The summed E-state index contributed by atoms with van der Waals surface area (Å²) in [6.45, 7) is 1.90. The summed E-state index contributed by atoms with van der Waals surface area (Å²) >= 11 is 0. The highest BCUT2D eigenvalue weighted by molar-refractivity contribution is 6.13. The average molecular weight is 81.2 g/mol. The van der Waals surface area contributed by atoms with Crippen LogP contribution in [-0.2, 0) is 0 Å². The maximum absolute atomic E-state index is 4.87. The molecule has 0 aliphatic rings. The number of hydrogen-bond donors (Lipinski definition) is 0. The Kier molecular flexibility index (Phi) is 1.95. The molecule has 0 amide bonds. The van der Waals surface area contributed by atoms with Gasteiger partial charge in [0.05, 0.1) is 0 Å². The summed E-state index contributed by atoms with van der Waals surface area (Å²) in [7, 11) is 3.18. The van der Waals surface area contributed by atoms with Gasteiger partial charge in [0.1, 0.15) is 0 Å². The van der Waals surface area contributed by atoms with Crippen LogP contribution < -0.4 is 0 Å². The Balaban J connectivity index is 2.94. The molecular formula is C4H5Si. The van der Waals surface area contributed by atoms with Crippen molar-refractivity contribution in [3.05, 3.63) is 0 Å². The van der Waals surface area contributed by atoms with E-state index in [4.69, 9.17) is 6.42 Å². The first kappa shape index (κ1) is 4.78. The van der Waals surface area contributed by atoms with Crippen LogP contribution >= 0.6 is 0 Å². The zero-order valence-corrected chi connectivity index (χ0v) is 4.15. The lowest BCUT2D eigenvalue weighted by atomic mass is 10.5. The fourth-order valence-electron chi connectivity index (χ4n) is 0. The lowest BCUT2D eigenvalue weighted by molar-refractivity contribution is 1.26. The van der Waals surface area contributed by atoms with Crippen molar-refractivity contribution in [2.75, 3.05) is 0 Å². The van der Waals surface area contributed by atoms with E-state index in [-0.39, 0.29) is 5.54 Å². The van der Waals surface area contributed by atoms with E-state index in [1.165, 1.54) is 0 Å². The molecule has 0 saturated carbocycles. The fraction of sp³-hybridized carbons (Fsp3) is 0.500. The quantitative estimate of drug-likeness (QED) is 0.296. The van der Waals surface area contributed by atoms with Crippen LogP contribution in [0.25, 0.3) is 0 Å². The maximum Gasteiger partial charge on any atom is 0.0440 e. The van der Waals surface area contributed by atoms with Crippen LogP contribution in [0.1, 0.15) is 6.92 Å². The van der Waals surface area contributed by atoms with Crippen molar-refractivity contribution in [2.24, 2.45) is 0 Å². The van der Waals surface area contributed by atoms with Gasteiger partial charge < -0.3 is 0 Å². The predicted octanol–water partition coefficient (Wildman–Crippen LogP) is 0.596. The van der Waals surface area contributed by atoms with Crippen LogP contribution in [0.15, 0.2) is 0 Å². The first-order chi connectivity index (χ1) is 2.27. The van der Waals surface area contributed by atoms with E-state index < -0.39 is 0 Å². The van der Waals surface area contributed by atoms with Crippen molar-refractivity contribution < 1.29 is 0 Å². The minimum absolute atomic E-state index is 0.218. The molecule has 0 spiro atoms. The molecule has 0 N–H and O–H groups in total. The van der Waals surface area contributed by atoms with E-state index in [9.17, 15) is 0 Å². The van der Waals surface area contributed by atoms with Gasteiger partial charge in [0.15, 0.2) is 0 Å². The van der Waals surface area contributed by atoms with Crippen LogP contribution in [0.5, 0.6) is 0 Å². The van der Waals surface area contributed by atoms with Crippen molar-refractivity contribution in [3.8, 4) is 12.3 Å². The summed E-state index contributed by atoms with van der Waals surface area (Å²) < 4.78 is 0. The Morgan fingerprint density at radius 2 is 2.20 bits per heavy atom. The normalized spacial score (nSPS) is 13.0. The van der Waals surface area contributed by atoms with Crippen molar-refractivity contribution in [2.45, 2.75) is 12.5 Å². The van der Waals surface area contributed by atoms with Gasteiger partial charge in [-0.05, 0) is 0 Å². The SMILES string of the molecule is C#CC(C)[Si]. The lowest BCUT2D eigenvalue weighted by Crippen LogP contribution is -1.72. The molecule has 0 aromatic rings. The van der Waals surface area contributed by atoms with Gasteiger partial charge in [-0.2, -0.15) is 0 Å². The lowest BCUT2D eigenvalue weighted by Gasteiger charge is -1.79. The molecule has 0 bridgehead atoms. The third-order valence-electron chi connectivity index (χ3n) is 0.250. The van der Waals surface area contributed by atoms with Crippen LogP contribution in [0.2, 0.25) is 5.54 Å². The van der Waals surface area contributed by atoms with Gasteiger partial charge in [-0.15, -0.1) is 12.3 Å². The van der Waals surface area contributed by atoms with Crippen molar-refractivity contribution in [1.82, 2.24) is 0 Å². The second kappa shape index (κ2) is 2.04. The second-order valence-corrected chi connectivity index (χ2v) is 1.75. The van der Waals surface area contributed by atoms with Crippen LogP contribution in [0, 0.1) is 12.3 Å². The van der Waals surface area contributed by atoms with E-state index in [1.807, 2.05) is 6.92 Å². The van der Waals surface area contributed by atoms with Gasteiger partial charge in [-0.25, -0.2) is 0 Å². The molecular weight excluding hydrogens is 76.1 g/mol. The van der Waals surface area contributed by atoms with Gasteiger partial charge in [0, 0.05) is 15.8 Å². The smallest absolute Gasteiger partial charge is 0.0440 e. The van der Waals surface area contributed by atoms with Crippen LogP contribution in [0.3, 0.4) is 0 Å². The van der Waals surface area contributed by atoms with Crippen LogP contribution in [-0.4, -0.2) is 10.2 Å². The molecule has 0 aromatic heterocycles. The first-order valence-corrected chi connectivity index (χ1v) is 2.02. The number of terminal acetylenes is 1. The molecule has 0 aliphatic carbocycles. The van der Waals surface area contributed by atoms with Gasteiger partial charge in [0.25, 0.3) is 0 Å². The fourth-order valence-corrected chi connectivity index (χ4v) is 0. The van der Waals surface area contributed by atoms with Gasteiger partial charge >= 0.3 is 0 Å². The molecule has 5 heavy (non-hydrogen) atoms. The highest BCUT2D eigenvalue weighted by Crippen LogP contribution is 1.85. The second-order valence-electron chi connectivity index (χ2n) is 0.888. The predicted molar refractivity (Wildman–Crippen MR) is 24.0 cm³/mol. The van der Waals surface area contributed by atoms with E-state index in [0.717, 1.165) is 0 Å². The molecule has 0 heterocycles. The van der Waals surface area contributed by atoms with Gasteiger partial charge in [-0.1, -0.05) is 6.92 Å². The Bertz CT molecular complexity index is 49.2. The monoisotopic (exact) mass is 81.0 g/mol. The molecule has 3 radical (unpaired) electrons. The van der Waals surface area contributed by atoms with E-state index in [1.54, 1.807) is 0 Å². The molecule has 0 aromatic carbocycles. The molecule has 0 rings (SSSR count). The van der Waals surface area contributed by atoms with Crippen molar-refractivity contribution >= 4 is 10.2 Å². The topological polar surface area (TPSA) is 0 Å². The Labute approximate surface area is 36.0 Å². The average Bonchev–Trinajstić information content (AvgIpc) is 1.38. The minimum atomic E-state index is 0.218. The largest absolute Gasteiger partial charge is 0.120 e. The zero-order chi connectivity index (χ0) is 4.28. The number of hydrogen-bond acceptors (Lipinski definition) is 0. The zero-order valence-electron chi connectivity index (χ0n) is 3.15. The molecule has 0 nitrogen and oxygen atoms in total. The minimum Gasteiger partial charge on any atom is -0.120 e. The molecule has 1 heteroatoms. The molecule has 0 aliphatic heterocycles. The van der Waals surface area contributed by atoms with Crippen molar-refractivity contribution in [3.63, 3.8) is 0 Å². The third kappa shape index (κ3) is 3.78. The molecule has 1 atom stereocenters. The van der Waals surface area contributed by atoms with Crippen LogP contribution in [0.4, 0.5) is 0 Å². The Hall–Kier alpha value is -0.223. The highest BCUT2D eigenvalue weighted by Gasteiger charge is 1.75. The molecule has 0 fully saturated rings.